The number of rotatable bonds is 10. The average molecular weight is 308 g/mol. The number of hydrogen-bond acceptors (Lipinski definition) is 4. The van der Waals surface area contributed by atoms with Crippen molar-refractivity contribution in [3.05, 3.63) is 29.5 Å². The van der Waals surface area contributed by atoms with E-state index in [1.165, 1.54) is 11.6 Å². The molecule has 0 aliphatic rings. The summed E-state index contributed by atoms with van der Waals surface area (Å²) in [7, 11) is 0. The summed E-state index contributed by atoms with van der Waals surface area (Å²) in [6.45, 7) is 6.87. The number of carboxylic acids is 1. The van der Waals surface area contributed by atoms with E-state index in [9.17, 15) is 9.59 Å². The van der Waals surface area contributed by atoms with Crippen LogP contribution in [0, 0.1) is 5.92 Å². The van der Waals surface area contributed by atoms with E-state index in [-0.39, 0.29) is 11.7 Å². The summed E-state index contributed by atoms with van der Waals surface area (Å²) in [5.41, 5.74) is 1.33. The highest BCUT2D eigenvalue weighted by atomic mass is 16.6. The van der Waals surface area contributed by atoms with Gasteiger partial charge in [-0.3, -0.25) is 9.59 Å². The molecule has 0 aliphatic carbocycles. The van der Waals surface area contributed by atoms with Gasteiger partial charge in [0.2, 0.25) is 5.78 Å². The minimum absolute atomic E-state index is 0.0222. The zero-order valence-electron chi connectivity index (χ0n) is 13.4. The zero-order valence-corrected chi connectivity index (χ0v) is 13.4. The molecule has 5 nitrogen and oxygen atoms in total. The van der Waals surface area contributed by atoms with E-state index >= 15 is 0 Å². The Morgan fingerprint density at radius 1 is 1.32 bits per heavy atom. The lowest BCUT2D eigenvalue weighted by molar-refractivity contribution is -0.135. The lowest BCUT2D eigenvalue weighted by atomic mass is 10.0. The van der Waals surface area contributed by atoms with Crippen LogP contribution in [-0.4, -0.2) is 23.5 Å². The highest BCUT2D eigenvalue weighted by molar-refractivity contribution is 6.03. The molecule has 0 saturated carbocycles. The van der Waals surface area contributed by atoms with Gasteiger partial charge in [-0.2, -0.15) is 0 Å². The lowest BCUT2D eigenvalue weighted by Crippen LogP contribution is -2.06. The normalized spacial score (nSPS) is 11.8. The second kappa shape index (κ2) is 9.07. The van der Waals surface area contributed by atoms with Crippen molar-refractivity contribution in [2.24, 2.45) is 5.92 Å². The molecule has 1 aromatic rings. The van der Waals surface area contributed by atoms with E-state index in [2.05, 4.69) is 26.8 Å². The van der Waals surface area contributed by atoms with Gasteiger partial charge in [0.05, 0.1) is 6.61 Å². The Morgan fingerprint density at radius 3 is 2.68 bits per heavy atom. The van der Waals surface area contributed by atoms with Gasteiger partial charge in [0, 0.05) is 6.07 Å². The first-order valence-corrected chi connectivity index (χ1v) is 7.49. The Balaban J connectivity index is 2.31. The molecule has 1 atom stereocenters. The summed E-state index contributed by atoms with van der Waals surface area (Å²) in [5.74, 6) is -0.913. The molecule has 1 unspecified atom stereocenters. The monoisotopic (exact) mass is 308 g/mol. The number of ether oxygens (including phenoxy) is 1. The first-order chi connectivity index (χ1) is 10.4. The van der Waals surface area contributed by atoms with Gasteiger partial charge in [-0.1, -0.05) is 18.6 Å². The molecule has 0 bridgehead atoms. The minimum atomic E-state index is -1.17. The predicted octanol–water partition coefficient (Wildman–Crippen LogP) is 4.09. The Labute approximate surface area is 131 Å². The number of carboxylic acid groups (broad SMARTS) is 1. The van der Waals surface area contributed by atoms with Gasteiger partial charge in [0.15, 0.2) is 5.76 Å². The third-order valence-electron chi connectivity index (χ3n) is 3.23. The van der Waals surface area contributed by atoms with Crippen LogP contribution in [0.2, 0.25) is 0 Å². The number of carbonyl (C=O) groups excluding carboxylic acids is 1. The molecule has 0 aliphatic heterocycles. The molecule has 1 N–H and O–H groups in total. The lowest BCUT2D eigenvalue weighted by Gasteiger charge is -2.10. The molecular weight excluding hydrogens is 284 g/mol. The molecule has 0 amide bonds. The van der Waals surface area contributed by atoms with E-state index < -0.39 is 18.2 Å². The van der Waals surface area contributed by atoms with Crippen LogP contribution in [0.15, 0.2) is 28.2 Å². The maximum atomic E-state index is 11.5. The second-order valence-electron chi connectivity index (χ2n) is 5.71. The van der Waals surface area contributed by atoms with E-state index in [0.717, 1.165) is 19.3 Å². The number of carbonyl (C=O) groups is 2. The average Bonchev–Trinajstić information content (AvgIpc) is 2.86. The first-order valence-electron chi connectivity index (χ1n) is 7.49. The number of ketones is 1. The van der Waals surface area contributed by atoms with Crippen LogP contribution in [0.4, 0.5) is 0 Å². The standard InChI is InChI=1S/C17H24O5/c1-12(2)5-4-6-13(3)9-10-21-17-8-7-15(22-17)14(18)11-16(19)20/h5,7-8,13H,4,6,9-11H2,1-3H3,(H,19,20). The highest BCUT2D eigenvalue weighted by Gasteiger charge is 2.15. The Bertz CT molecular complexity index is 523. The molecule has 122 valence electrons. The quantitative estimate of drug-likeness (QED) is 0.400. The number of Topliss-reactive ketones (excluding diaryl/α,β-unsaturated/α-hetero) is 1. The van der Waals surface area contributed by atoms with Gasteiger partial charge < -0.3 is 14.3 Å². The molecule has 1 rings (SSSR count). The van der Waals surface area contributed by atoms with Gasteiger partial charge in [0.1, 0.15) is 6.42 Å². The van der Waals surface area contributed by atoms with E-state index in [1.807, 2.05) is 0 Å². The third kappa shape index (κ3) is 7.11. The molecule has 0 aromatic carbocycles. The fourth-order valence-corrected chi connectivity index (χ4v) is 1.93. The van der Waals surface area contributed by atoms with E-state index in [1.54, 1.807) is 6.07 Å². The number of furan rings is 1. The van der Waals surface area contributed by atoms with Gasteiger partial charge in [0.25, 0.3) is 5.95 Å². The van der Waals surface area contributed by atoms with Crippen molar-refractivity contribution in [3.8, 4) is 5.95 Å². The molecule has 5 heteroatoms. The first kappa shape index (κ1) is 18.0. The minimum Gasteiger partial charge on any atom is -0.481 e. The van der Waals surface area contributed by atoms with Crippen LogP contribution in [-0.2, 0) is 4.79 Å². The van der Waals surface area contributed by atoms with Gasteiger partial charge in [-0.15, -0.1) is 0 Å². The highest BCUT2D eigenvalue weighted by Crippen LogP contribution is 2.19. The summed E-state index contributed by atoms with van der Waals surface area (Å²) in [6.07, 6.45) is 4.72. The topological polar surface area (TPSA) is 76.7 Å². The molecule has 0 saturated heterocycles. The van der Waals surface area contributed by atoms with Crippen LogP contribution in [0.3, 0.4) is 0 Å². The molecule has 1 heterocycles. The van der Waals surface area contributed by atoms with E-state index in [0.29, 0.717) is 12.5 Å². The van der Waals surface area contributed by atoms with Crippen molar-refractivity contribution in [2.45, 2.75) is 46.5 Å². The largest absolute Gasteiger partial charge is 0.481 e. The summed E-state index contributed by atoms with van der Waals surface area (Å²) >= 11 is 0. The van der Waals surface area contributed by atoms with Crippen LogP contribution in [0.5, 0.6) is 5.95 Å². The van der Waals surface area contributed by atoms with E-state index in [4.69, 9.17) is 14.3 Å². The smallest absolute Gasteiger partial charge is 0.311 e. The number of hydrogen-bond donors (Lipinski definition) is 1. The van der Waals surface area contributed by atoms with Crippen LogP contribution < -0.4 is 4.74 Å². The fourth-order valence-electron chi connectivity index (χ4n) is 1.93. The van der Waals surface area contributed by atoms with Crippen molar-refractivity contribution >= 4 is 11.8 Å². The summed E-state index contributed by atoms with van der Waals surface area (Å²) in [4.78, 5) is 22.0. The van der Waals surface area contributed by atoms with Crippen molar-refractivity contribution in [1.29, 1.82) is 0 Å². The van der Waals surface area contributed by atoms with Crippen molar-refractivity contribution in [2.75, 3.05) is 6.61 Å². The summed E-state index contributed by atoms with van der Waals surface area (Å²) in [6, 6.07) is 2.99. The van der Waals surface area contributed by atoms with Gasteiger partial charge >= 0.3 is 5.97 Å². The summed E-state index contributed by atoms with van der Waals surface area (Å²) < 4.78 is 10.7. The maximum absolute atomic E-state index is 11.5. The van der Waals surface area contributed by atoms with Crippen molar-refractivity contribution in [3.63, 3.8) is 0 Å². The van der Waals surface area contributed by atoms with Crippen molar-refractivity contribution < 1.29 is 23.8 Å². The number of aliphatic carboxylic acids is 1. The molecule has 0 radical (unpaired) electrons. The zero-order chi connectivity index (χ0) is 16.5. The van der Waals surface area contributed by atoms with Crippen LogP contribution in [0.25, 0.3) is 0 Å². The third-order valence-corrected chi connectivity index (χ3v) is 3.23. The van der Waals surface area contributed by atoms with Crippen LogP contribution >= 0.6 is 0 Å². The fraction of sp³-hybridized carbons (Fsp3) is 0.529. The Hall–Kier alpha value is -2.04. The Kier molecular flexibility index (Phi) is 7.43. The molecule has 22 heavy (non-hydrogen) atoms. The van der Waals surface area contributed by atoms with Gasteiger partial charge in [-0.25, -0.2) is 0 Å². The Morgan fingerprint density at radius 2 is 2.05 bits per heavy atom. The molecule has 0 spiro atoms. The molecular formula is C17H24O5. The molecule has 1 aromatic heterocycles. The summed E-state index contributed by atoms with van der Waals surface area (Å²) in [5, 5.41) is 8.56. The second-order valence-corrected chi connectivity index (χ2v) is 5.71. The van der Waals surface area contributed by atoms with Crippen molar-refractivity contribution in [1.82, 2.24) is 0 Å². The number of allylic oxidation sites excluding steroid dienone is 2. The van der Waals surface area contributed by atoms with Gasteiger partial charge in [-0.05, 0) is 45.1 Å². The van der Waals surface area contributed by atoms with Crippen LogP contribution in [0.1, 0.15) is 57.0 Å². The molecule has 0 fully saturated rings. The SMILES string of the molecule is CC(C)=CCCC(C)CCOc1ccc(C(=O)CC(=O)O)o1. The maximum Gasteiger partial charge on any atom is 0.311 e. The predicted molar refractivity (Wildman–Crippen MR) is 83.2 cm³/mol.